The molecule has 1 fully saturated rings. The van der Waals surface area contributed by atoms with Gasteiger partial charge in [0, 0.05) is 50.0 Å². The number of β-amino-alcohol motifs (C(OH)–C–C–N with tert-alkyl or cyclic N) is 1. The van der Waals surface area contributed by atoms with E-state index in [0.717, 1.165) is 61.4 Å². The van der Waals surface area contributed by atoms with Gasteiger partial charge in [-0.05, 0) is 36.1 Å². The summed E-state index contributed by atoms with van der Waals surface area (Å²) in [5.41, 5.74) is 5.61. The molecule has 0 bridgehead atoms. The van der Waals surface area contributed by atoms with E-state index in [2.05, 4.69) is 55.7 Å². The number of H-pyrrole nitrogens is 1. The van der Waals surface area contributed by atoms with Crippen molar-refractivity contribution in [2.24, 2.45) is 0 Å². The Hall–Kier alpha value is -2.28. The Morgan fingerprint density at radius 1 is 1.27 bits per heavy atom. The maximum absolute atomic E-state index is 9.73. The number of aliphatic hydroxyl groups is 1. The molecular formula is C20H25N5O. The molecule has 1 aliphatic rings. The topological polar surface area (TPSA) is 77.1 Å². The van der Waals surface area contributed by atoms with E-state index in [1.807, 2.05) is 13.1 Å². The van der Waals surface area contributed by atoms with E-state index in [1.165, 1.54) is 11.1 Å². The molecule has 3 aromatic rings. The molecule has 0 amide bonds. The van der Waals surface area contributed by atoms with E-state index in [-0.39, 0.29) is 6.10 Å². The molecule has 2 aromatic heterocycles. The number of nitrogens with zero attached hydrogens (tertiary/aromatic N) is 3. The van der Waals surface area contributed by atoms with Crippen LogP contribution >= 0.6 is 0 Å². The molecule has 1 saturated heterocycles. The summed E-state index contributed by atoms with van der Waals surface area (Å²) in [6, 6.07) is 10.7. The molecule has 1 aromatic carbocycles. The quantitative estimate of drug-likeness (QED) is 0.634. The number of nitrogens with one attached hydrogen (secondary N) is 2. The van der Waals surface area contributed by atoms with E-state index >= 15 is 0 Å². The molecule has 6 nitrogen and oxygen atoms in total. The summed E-state index contributed by atoms with van der Waals surface area (Å²) in [4.78, 5) is 6.73. The molecule has 1 unspecified atom stereocenters. The summed E-state index contributed by atoms with van der Waals surface area (Å²) < 4.78 is 0. The first-order chi connectivity index (χ1) is 12.7. The highest BCUT2D eigenvalue weighted by molar-refractivity contribution is 5.77. The smallest absolute Gasteiger partial charge is 0.181 e. The van der Waals surface area contributed by atoms with Crippen LogP contribution in [0.25, 0.3) is 11.0 Å². The monoisotopic (exact) mass is 351 g/mol. The van der Waals surface area contributed by atoms with Crippen molar-refractivity contribution in [3.63, 3.8) is 0 Å². The van der Waals surface area contributed by atoms with Crippen LogP contribution in [0, 0.1) is 6.92 Å². The number of aliphatic hydroxyl groups excluding tert-OH is 1. The van der Waals surface area contributed by atoms with Crippen molar-refractivity contribution in [3.05, 3.63) is 58.9 Å². The van der Waals surface area contributed by atoms with Gasteiger partial charge in [0.2, 0.25) is 0 Å². The molecule has 3 heterocycles. The summed E-state index contributed by atoms with van der Waals surface area (Å²) in [6.45, 7) is 6.24. The maximum atomic E-state index is 9.73. The van der Waals surface area contributed by atoms with E-state index in [9.17, 15) is 5.11 Å². The number of rotatable bonds is 6. The minimum absolute atomic E-state index is 0.172. The first kappa shape index (κ1) is 17.1. The van der Waals surface area contributed by atoms with Crippen LogP contribution in [0.2, 0.25) is 0 Å². The second kappa shape index (κ2) is 7.53. The Bertz CT molecular complexity index is 891. The lowest BCUT2D eigenvalue weighted by molar-refractivity contribution is 0.174. The van der Waals surface area contributed by atoms with Crippen LogP contribution in [0.3, 0.4) is 0 Å². The lowest BCUT2D eigenvalue weighted by Gasteiger charge is -2.18. The summed E-state index contributed by atoms with van der Waals surface area (Å²) in [5, 5.41) is 21.5. The number of aryl methyl sites for hydroxylation is 1. The molecule has 136 valence electrons. The number of pyridine rings is 1. The van der Waals surface area contributed by atoms with Crippen molar-refractivity contribution in [1.29, 1.82) is 0 Å². The molecule has 6 heteroatoms. The van der Waals surface area contributed by atoms with Crippen LogP contribution in [-0.2, 0) is 19.6 Å². The highest BCUT2D eigenvalue weighted by Gasteiger charge is 2.20. The lowest BCUT2D eigenvalue weighted by atomic mass is 10.1. The summed E-state index contributed by atoms with van der Waals surface area (Å²) in [6.07, 6.45) is 2.59. The first-order valence-corrected chi connectivity index (χ1v) is 9.16. The van der Waals surface area contributed by atoms with Crippen LogP contribution in [0.5, 0.6) is 0 Å². The third kappa shape index (κ3) is 3.77. The summed E-state index contributed by atoms with van der Waals surface area (Å²) in [5.74, 6) is 0. The average Bonchev–Trinajstić information content (AvgIpc) is 3.22. The Morgan fingerprint density at radius 3 is 2.92 bits per heavy atom. The Kier molecular flexibility index (Phi) is 4.97. The van der Waals surface area contributed by atoms with Gasteiger partial charge in [-0.25, -0.2) is 4.98 Å². The zero-order chi connectivity index (χ0) is 17.9. The largest absolute Gasteiger partial charge is 0.392 e. The minimum atomic E-state index is -0.172. The van der Waals surface area contributed by atoms with Gasteiger partial charge in [0.25, 0.3) is 0 Å². The minimum Gasteiger partial charge on any atom is -0.392 e. The molecular weight excluding hydrogens is 326 g/mol. The zero-order valence-corrected chi connectivity index (χ0v) is 15.1. The van der Waals surface area contributed by atoms with Crippen LogP contribution in [0.15, 0.2) is 36.5 Å². The highest BCUT2D eigenvalue weighted by atomic mass is 16.3. The third-order valence-electron chi connectivity index (χ3n) is 5.06. The molecule has 26 heavy (non-hydrogen) atoms. The number of hydrogen-bond donors (Lipinski definition) is 3. The zero-order valence-electron chi connectivity index (χ0n) is 15.1. The van der Waals surface area contributed by atoms with E-state index in [0.29, 0.717) is 0 Å². The standard InChI is InChI=1S/C20H25N5O/c1-14-19-8-15(10-22-20(19)24-23-14)9-21-11-16-4-2-3-5-17(16)12-25-7-6-18(26)13-25/h2-5,8,10,18,21,26H,6-7,9,11-13H2,1H3,(H,22,23,24). The predicted octanol–water partition coefficient (Wildman–Crippen LogP) is 2.12. The first-order valence-electron chi connectivity index (χ1n) is 9.16. The number of aromatic amines is 1. The van der Waals surface area contributed by atoms with E-state index < -0.39 is 0 Å². The van der Waals surface area contributed by atoms with Gasteiger partial charge in [-0.15, -0.1) is 0 Å². The van der Waals surface area contributed by atoms with Crippen molar-refractivity contribution in [3.8, 4) is 0 Å². The van der Waals surface area contributed by atoms with Crippen molar-refractivity contribution < 1.29 is 5.11 Å². The molecule has 0 aliphatic carbocycles. The van der Waals surface area contributed by atoms with Crippen LogP contribution < -0.4 is 5.32 Å². The van der Waals surface area contributed by atoms with E-state index in [1.54, 1.807) is 0 Å². The third-order valence-corrected chi connectivity index (χ3v) is 5.06. The van der Waals surface area contributed by atoms with Crippen LogP contribution in [0.1, 0.15) is 28.8 Å². The van der Waals surface area contributed by atoms with Crippen LogP contribution in [0.4, 0.5) is 0 Å². The molecule has 0 saturated carbocycles. The summed E-state index contributed by atoms with van der Waals surface area (Å²) in [7, 11) is 0. The van der Waals surface area contributed by atoms with Gasteiger partial charge < -0.3 is 10.4 Å². The SMILES string of the molecule is Cc1[nH]nc2ncc(CNCc3ccccc3CN3CCC(O)C3)cc12. The normalized spacial score (nSPS) is 18.0. The second-order valence-corrected chi connectivity index (χ2v) is 7.11. The number of likely N-dealkylation sites (tertiary alicyclic amines) is 1. The highest BCUT2D eigenvalue weighted by Crippen LogP contribution is 2.17. The Labute approximate surface area is 153 Å². The van der Waals surface area contributed by atoms with Crippen LogP contribution in [-0.4, -0.2) is 44.4 Å². The molecule has 1 aliphatic heterocycles. The Balaban J connectivity index is 1.38. The van der Waals surface area contributed by atoms with Gasteiger partial charge in [0.1, 0.15) is 0 Å². The van der Waals surface area contributed by atoms with Crippen molar-refractivity contribution in [1.82, 2.24) is 25.4 Å². The van der Waals surface area contributed by atoms with Gasteiger partial charge in [-0.3, -0.25) is 10.00 Å². The maximum Gasteiger partial charge on any atom is 0.181 e. The van der Waals surface area contributed by atoms with Crippen molar-refractivity contribution >= 4 is 11.0 Å². The molecule has 0 spiro atoms. The predicted molar refractivity (Wildman–Crippen MR) is 102 cm³/mol. The van der Waals surface area contributed by atoms with Crippen molar-refractivity contribution in [2.45, 2.75) is 39.1 Å². The molecule has 3 N–H and O–H groups in total. The van der Waals surface area contributed by atoms with Gasteiger partial charge in [-0.2, -0.15) is 5.10 Å². The molecule has 1 atom stereocenters. The van der Waals surface area contributed by atoms with Crippen molar-refractivity contribution in [2.75, 3.05) is 13.1 Å². The van der Waals surface area contributed by atoms with Gasteiger partial charge in [0.05, 0.1) is 6.10 Å². The second-order valence-electron chi connectivity index (χ2n) is 7.11. The fourth-order valence-electron chi connectivity index (χ4n) is 3.58. The van der Waals surface area contributed by atoms with E-state index in [4.69, 9.17) is 0 Å². The van der Waals surface area contributed by atoms with Gasteiger partial charge in [-0.1, -0.05) is 24.3 Å². The summed E-state index contributed by atoms with van der Waals surface area (Å²) >= 11 is 0. The number of benzene rings is 1. The number of aromatic nitrogens is 3. The lowest BCUT2D eigenvalue weighted by Crippen LogP contribution is -2.23. The Morgan fingerprint density at radius 2 is 2.12 bits per heavy atom. The fourth-order valence-corrected chi connectivity index (χ4v) is 3.58. The number of fused-ring (bicyclic) bond motifs is 1. The average molecular weight is 351 g/mol. The van der Waals surface area contributed by atoms with Gasteiger partial charge >= 0.3 is 0 Å². The fraction of sp³-hybridized carbons (Fsp3) is 0.400. The van der Waals surface area contributed by atoms with Gasteiger partial charge in [0.15, 0.2) is 5.65 Å². The number of hydrogen-bond acceptors (Lipinski definition) is 5. The molecule has 0 radical (unpaired) electrons. The molecule has 4 rings (SSSR count).